The number of thioether (sulfide) groups is 1. The van der Waals surface area contributed by atoms with Crippen LogP contribution >= 0.6 is 11.8 Å². The number of carbonyl (C=O) groups is 2. The summed E-state index contributed by atoms with van der Waals surface area (Å²) in [6, 6.07) is 14.6. The fourth-order valence-electron chi connectivity index (χ4n) is 6.89. The Kier molecular flexibility index (Phi) is 6.74. The molecule has 4 heterocycles. The summed E-state index contributed by atoms with van der Waals surface area (Å²) in [5.74, 6) is 0.806. The molecule has 0 saturated carbocycles. The van der Waals surface area contributed by atoms with Gasteiger partial charge in [-0.25, -0.2) is 9.88 Å². The van der Waals surface area contributed by atoms with Gasteiger partial charge in [0.15, 0.2) is 5.16 Å². The van der Waals surface area contributed by atoms with Crippen LogP contribution in [0.3, 0.4) is 0 Å². The van der Waals surface area contributed by atoms with E-state index < -0.39 is 23.0 Å². The van der Waals surface area contributed by atoms with Crippen LogP contribution in [0.4, 0.5) is 5.69 Å². The Morgan fingerprint density at radius 1 is 1.17 bits per heavy atom. The number of methoxy groups -OCH3 is 1. The number of benzene rings is 2. The van der Waals surface area contributed by atoms with Crippen molar-refractivity contribution in [2.24, 2.45) is 11.8 Å². The second-order valence-corrected chi connectivity index (χ2v) is 11.9. The third kappa shape index (κ3) is 4.17. The molecule has 3 aliphatic heterocycles. The normalized spacial score (nSPS) is 26.4. The van der Waals surface area contributed by atoms with E-state index in [-0.39, 0.29) is 30.5 Å². The van der Waals surface area contributed by atoms with Crippen LogP contribution in [-0.2, 0) is 32.2 Å². The molecule has 208 valence electrons. The average molecular weight is 569 g/mol. The smallest absolute Gasteiger partial charge is 0.254 e. The van der Waals surface area contributed by atoms with Crippen molar-refractivity contribution in [1.82, 2.24) is 9.55 Å². The molecular weight excluding hydrogens is 540 g/mol. The Morgan fingerprint density at radius 2 is 1.95 bits per heavy atom. The highest BCUT2D eigenvalue weighted by Gasteiger charge is 2.73. The predicted molar refractivity (Wildman–Crippen MR) is 153 cm³/mol. The number of terminal acetylenes is 1. The number of hydrogen-bond donors (Lipinski definition) is 0. The minimum absolute atomic E-state index is 0.195. The summed E-state index contributed by atoms with van der Waals surface area (Å²) in [4.78, 5) is 47.0. The maximum absolute atomic E-state index is 14.1. The van der Waals surface area contributed by atoms with Gasteiger partial charge in [-0.3, -0.25) is 19.0 Å². The SMILES string of the molecule is C#CCSc1nc(COC)cc(=O)n1CCC12CCC(C)(O1)C1C(=O)N(c3ccc4ccccc4c3C#N)C(=O)C12. The summed E-state index contributed by atoms with van der Waals surface area (Å²) in [6.45, 7) is 2.33. The minimum Gasteiger partial charge on any atom is -0.378 e. The molecule has 4 atom stereocenters. The van der Waals surface area contributed by atoms with Crippen molar-refractivity contribution in [3.8, 4) is 18.4 Å². The monoisotopic (exact) mass is 568 g/mol. The zero-order chi connectivity index (χ0) is 28.9. The molecule has 2 aromatic carbocycles. The van der Waals surface area contributed by atoms with Crippen LogP contribution in [-0.4, -0.2) is 45.4 Å². The molecule has 3 aromatic rings. The van der Waals surface area contributed by atoms with E-state index in [4.69, 9.17) is 15.9 Å². The molecule has 3 aliphatic rings. The molecule has 4 unspecified atom stereocenters. The van der Waals surface area contributed by atoms with E-state index in [1.165, 1.54) is 29.8 Å². The number of imide groups is 1. The fraction of sp³-hybridized carbons (Fsp3) is 0.387. The Morgan fingerprint density at radius 3 is 2.71 bits per heavy atom. The lowest BCUT2D eigenvalue weighted by molar-refractivity contribution is -0.131. The van der Waals surface area contributed by atoms with Gasteiger partial charge in [0.25, 0.3) is 5.56 Å². The molecule has 2 bridgehead atoms. The summed E-state index contributed by atoms with van der Waals surface area (Å²) in [5.41, 5.74) is -0.889. The van der Waals surface area contributed by atoms with Gasteiger partial charge in [0.2, 0.25) is 11.8 Å². The van der Waals surface area contributed by atoms with Gasteiger partial charge in [-0.2, -0.15) is 5.26 Å². The highest BCUT2D eigenvalue weighted by Crippen LogP contribution is 2.62. The topological polar surface area (TPSA) is 115 Å². The van der Waals surface area contributed by atoms with E-state index in [9.17, 15) is 19.6 Å². The zero-order valence-electron chi connectivity index (χ0n) is 22.8. The van der Waals surface area contributed by atoms with Crippen molar-refractivity contribution in [1.29, 1.82) is 5.26 Å². The van der Waals surface area contributed by atoms with Crippen molar-refractivity contribution in [3.05, 3.63) is 64.1 Å². The first-order chi connectivity index (χ1) is 19.8. The molecule has 41 heavy (non-hydrogen) atoms. The summed E-state index contributed by atoms with van der Waals surface area (Å²) < 4.78 is 13.3. The van der Waals surface area contributed by atoms with Crippen LogP contribution in [0.15, 0.2) is 52.4 Å². The van der Waals surface area contributed by atoms with Crippen molar-refractivity contribution >= 4 is 40.0 Å². The molecular formula is C31H28N4O5S. The number of amides is 2. The Labute approximate surface area is 241 Å². The van der Waals surface area contributed by atoms with Crippen molar-refractivity contribution in [3.63, 3.8) is 0 Å². The van der Waals surface area contributed by atoms with Gasteiger partial charge in [0.05, 0.1) is 52.3 Å². The second kappa shape index (κ2) is 10.1. The van der Waals surface area contributed by atoms with E-state index in [0.29, 0.717) is 52.5 Å². The first kappa shape index (κ1) is 27.2. The predicted octanol–water partition coefficient (Wildman–Crippen LogP) is 3.66. The fourth-order valence-corrected chi connectivity index (χ4v) is 7.62. The van der Waals surface area contributed by atoms with Crippen LogP contribution in [0.1, 0.15) is 37.4 Å². The lowest BCUT2D eigenvalue weighted by Crippen LogP contribution is -2.43. The first-order valence-corrected chi connectivity index (χ1v) is 14.4. The van der Waals surface area contributed by atoms with Crippen LogP contribution in [0, 0.1) is 35.5 Å². The molecule has 0 radical (unpaired) electrons. The molecule has 9 nitrogen and oxygen atoms in total. The van der Waals surface area contributed by atoms with Crippen molar-refractivity contribution < 1.29 is 19.1 Å². The molecule has 2 amide bonds. The van der Waals surface area contributed by atoms with Gasteiger partial charge in [-0.15, -0.1) is 6.42 Å². The van der Waals surface area contributed by atoms with E-state index >= 15 is 0 Å². The number of ether oxygens (including phenoxy) is 2. The summed E-state index contributed by atoms with van der Waals surface area (Å²) in [5, 5.41) is 12.1. The number of hydrogen-bond acceptors (Lipinski definition) is 8. The van der Waals surface area contributed by atoms with Crippen molar-refractivity contribution in [2.75, 3.05) is 17.8 Å². The number of nitrogens with zero attached hydrogens (tertiary/aromatic N) is 4. The van der Waals surface area contributed by atoms with E-state index in [1.54, 1.807) is 10.6 Å². The molecule has 6 rings (SSSR count). The first-order valence-electron chi connectivity index (χ1n) is 13.4. The van der Waals surface area contributed by atoms with Gasteiger partial charge in [0.1, 0.15) is 6.07 Å². The highest BCUT2D eigenvalue weighted by atomic mass is 32.2. The number of anilines is 1. The average Bonchev–Trinajstić information content (AvgIpc) is 3.54. The van der Waals surface area contributed by atoms with Crippen LogP contribution in [0.25, 0.3) is 10.8 Å². The zero-order valence-corrected chi connectivity index (χ0v) is 23.6. The summed E-state index contributed by atoms with van der Waals surface area (Å²) >= 11 is 1.28. The Balaban J connectivity index is 1.36. The van der Waals surface area contributed by atoms with Gasteiger partial charge >= 0.3 is 0 Å². The quantitative estimate of drug-likeness (QED) is 0.175. The van der Waals surface area contributed by atoms with E-state index in [2.05, 4.69) is 17.0 Å². The number of aromatic nitrogens is 2. The standard InChI is InChI=1S/C31H28N4O5S/c1-4-15-41-29-33-20(18-39-3)16-24(36)34(29)14-13-31-12-11-30(2,40-31)25-26(31)28(38)35(27(25)37)23-10-9-19-7-5-6-8-21(19)22(23)17-32/h1,5-10,16,25-26H,11-15,18H2,2-3H3. The van der Waals surface area contributed by atoms with Crippen LogP contribution in [0.5, 0.6) is 0 Å². The summed E-state index contributed by atoms with van der Waals surface area (Å²) in [6.07, 6.45) is 7.01. The maximum Gasteiger partial charge on any atom is 0.254 e. The lowest BCUT2D eigenvalue weighted by Gasteiger charge is -2.31. The molecule has 10 heteroatoms. The Hall–Kier alpha value is -3.96. The molecule has 0 N–H and O–H groups in total. The number of nitriles is 1. The second-order valence-electron chi connectivity index (χ2n) is 10.9. The van der Waals surface area contributed by atoms with Gasteiger partial charge in [-0.1, -0.05) is 48.0 Å². The Bertz CT molecular complexity index is 1740. The summed E-state index contributed by atoms with van der Waals surface area (Å²) in [7, 11) is 1.53. The molecule has 0 spiro atoms. The number of rotatable bonds is 8. The minimum atomic E-state index is -0.927. The molecule has 1 aromatic heterocycles. The molecule has 3 saturated heterocycles. The van der Waals surface area contributed by atoms with E-state index in [0.717, 1.165) is 5.39 Å². The lowest BCUT2D eigenvalue weighted by atomic mass is 9.67. The third-order valence-electron chi connectivity index (χ3n) is 8.63. The van der Waals surface area contributed by atoms with Crippen molar-refractivity contribution in [2.45, 2.75) is 55.7 Å². The number of fused-ring (bicyclic) bond motifs is 6. The molecule has 0 aliphatic carbocycles. The van der Waals surface area contributed by atoms with Crippen LogP contribution < -0.4 is 10.5 Å². The maximum atomic E-state index is 14.1. The van der Waals surface area contributed by atoms with Gasteiger partial charge < -0.3 is 9.47 Å². The van der Waals surface area contributed by atoms with E-state index in [1.807, 2.05) is 37.3 Å². The highest BCUT2D eigenvalue weighted by molar-refractivity contribution is 7.99. The number of carbonyl (C=O) groups excluding carboxylic acids is 2. The third-order valence-corrected chi connectivity index (χ3v) is 9.51. The van der Waals surface area contributed by atoms with Crippen LogP contribution in [0.2, 0.25) is 0 Å². The van der Waals surface area contributed by atoms with Gasteiger partial charge in [-0.05, 0) is 37.6 Å². The largest absolute Gasteiger partial charge is 0.378 e. The molecule has 3 fully saturated rings. The van der Waals surface area contributed by atoms with Gasteiger partial charge in [0, 0.05) is 25.1 Å².